The fourth-order valence-electron chi connectivity index (χ4n) is 3.99. The van der Waals surface area contributed by atoms with Gasteiger partial charge in [0.25, 0.3) is 0 Å². The van der Waals surface area contributed by atoms with Crippen molar-refractivity contribution < 1.29 is 19.1 Å². The summed E-state index contributed by atoms with van der Waals surface area (Å²) in [7, 11) is 3.22. The molecule has 1 atom stereocenters. The molecule has 124 valence electrons. The lowest BCUT2D eigenvalue weighted by atomic mass is 9.76. The lowest BCUT2D eigenvalue weighted by Crippen LogP contribution is -2.50. The molecule has 2 aliphatic rings. The van der Waals surface area contributed by atoms with E-state index < -0.39 is 5.54 Å². The van der Waals surface area contributed by atoms with Gasteiger partial charge in [-0.05, 0) is 43.0 Å². The number of hydrogen-bond donors (Lipinski definition) is 0. The number of carbonyl (C=O) groups excluding carboxylic acids is 2. The molecule has 0 amide bonds. The van der Waals surface area contributed by atoms with Crippen molar-refractivity contribution in [2.45, 2.75) is 38.1 Å². The van der Waals surface area contributed by atoms with E-state index in [4.69, 9.17) is 9.47 Å². The smallest absolute Gasteiger partial charge is 0.161 e. The molecular weight excluding hydrogens is 294 g/mol. The van der Waals surface area contributed by atoms with Crippen molar-refractivity contribution in [2.75, 3.05) is 27.3 Å². The van der Waals surface area contributed by atoms with Crippen molar-refractivity contribution in [1.29, 1.82) is 0 Å². The molecule has 2 heterocycles. The quantitative estimate of drug-likeness (QED) is 0.832. The number of Topliss-reactive ketones (excluding diaryl/α,β-unsaturated/α-hetero) is 2. The lowest BCUT2D eigenvalue weighted by Gasteiger charge is -2.42. The Balaban J connectivity index is 2.14. The first-order valence-electron chi connectivity index (χ1n) is 8.06. The van der Waals surface area contributed by atoms with Gasteiger partial charge in [-0.1, -0.05) is 0 Å². The Morgan fingerprint density at radius 2 is 1.83 bits per heavy atom. The Hall–Kier alpha value is -1.88. The van der Waals surface area contributed by atoms with Crippen LogP contribution in [0, 0.1) is 0 Å². The maximum Gasteiger partial charge on any atom is 0.161 e. The first-order chi connectivity index (χ1) is 11.0. The Labute approximate surface area is 136 Å². The van der Waals surface area contributed by atoms with Gasteiger partial charge in [-0.25, -0.2) is 0 Å². The fourth-order valence-corrected chi connectivity index (χ4v) is 3.99. The topological polar surface area (TPSA) is 55.8 Å². The van der Waals surface area contributed by atoms with Gasteiger partial charge >= 0.3 is 0 Å². The van der Waals surface area contributed by atoms with E-state index in [1.165, 1.54) is 0 Å². The predicted octanol–water partition coefficient (Wildman–Crippen LogP) is 2.10. The molecule has 1 aromatic carbocycles. The summed E-state index contributed by atoms with van der Waals surface area (Å²) in [5.74, 6) is 1.65. The molecule has 5 heteroatoms. The second-order valence-electron chi connectivity index (χ2n) is 6.34. The highest BCUT2D eigenvalue weighted by atomic mass is 16.5. The molecule has 0 aromatic heterocycles. The molecule has 0 aliphatic carbocycles. The number of fused-ring (bicyclic) bond motifs is 3. The SMILES string of the molecule is COc1cc2c(cc1OC)C1(CCC(C)=O)C(=O)CCN1CC2. The molecule has 23 heavy (non-hydrogen) atoms. The van der Waals surface area contributed by atoms with Gasteiger partial charge in [-0.2, -0.15) is 0 Å². The molecule has 0 N–H and O–H groups in total. The summed E-state index contributed by atoms with van der Waals surface area (Å²) < 4.78 is 10.8. The zero-order chi connectivity index (χ0) is 16.6. The minimum atomic E-state index is -0.668. The van der Waals surface area contributed by atoms with E-state index in [0.717, 1.165) is 30.6 Å². The van der Waals surface area contributed by atoms with Crippen molar-refractivity contribution in [1.82, 2.24) is 4.90 Å². The van der Waals surface area contributed by atoms with Crippen LogP contribution < -0.4 is 9.47 Å². The minimum Gasteiger partial charge on any atom is -0.493 e. The summed E-state index contributed by atoms with van der Waals surface area (Å²) in [4.78, 5) is 26.6. The number of ether oxygens (including phenoxy) is 2. The van der Waals surface area contributed by atoms with E-state index >= 15 is 0 Å². The van der Waals surface area contributed by atoms with Gasteiger partial charge in [0, 0.05) is 25.9 Å². The molecule has 0 radical (unpaired) electrons. The number of nitrogens with zero attached hydrogens (tertiary/aromatic N) is 1. The van der Waals surface area contributed by atoms with Gasteiger partial charge in [0.15, 0.2) is 17.3 Å². The average molecular weight is 317 g/mol. The zero-order valence-corrected chi connectivity index (χ0v) is 14.0. The van der Waals surface area contributed by atoms with E-state index in [0.29, 0.717) is 30.8 Å². The second-order valence-corrected chi connectivity index (χ2v) is 6.34. The fraction of sp³-hybridized carbons (Fsp3) is 0.556. The third-order valence-electron chi connectivity index (χ3n) is 5.15. The number of hydrogen-bond acceptors (Lipinski definition) is 5. The Morgan fingerprint density at radius 1 is 1.17 bits per heavy atom. The van der Waals surface area contributed by atoms with Crippen molar-refractivity contribution >= 4 is 11.6 Å². The molecule has 0 bridgehead atoms. The summed E-state index contributed by atoms with van der Waals surface area (Å²) in [6.07, 6.45) is 2.39. The molecule has 1 aromatic rings. The lowest BCUT2D eigenvalue weighted by molar-refractivity contribution is -0.127. The summed E-state index contributed by atoms with van der Waals surface area (Å²) >= 11 is 0. The van der Waals surface area contributed by atoms with E-state index in [9.17, 15) is 9.59 Å². The molecule has 0 saturated carbocycles. The summed E-state index contributed by atoms with van der Waals surface area (Å²) in [6.45, 7) is 3.19. The largest absolute Gasteiger partial charge is 0.493 e. The maximum absolute atomic E-state index is 12.8. The van der Waals surface area contributed by atoms with Crippen LogP contribution >= 0.6 is 0 Å². The zero-order valence-electron chi connectivity index (χ0n) is 14.0. The molecule has 0 spiro atoms. The monoisotopic (exact) mass is 317 g/mol. The highest BCUT2D eigenvalue weighted by Gasteiger charge is 2.52. The van der Waals surface area contributed by atoms with E-state index in [-0.39, 0.29) is 11.6 Å². The summed E-state index contributed by atoms with van der Waals surface area (Å²) in [5, 5.41) is 0. The molecule has 3 rings (SSSR count). The van der Waals surface area contributed by atoms with Crippen LogP contribution in [0.3, 0.4) is 0 Å². The first kappa shape index (κ1) is 16.0. The number of methoxy groups -OCH3 is 2. The van der Waals surface area contributed by atoms with Gasteiger partial charge in [0.05, 0.1) is 14.2 Å². The molecule has 5 nitrogen and oxygen atoms in total. The van der Waals surface area contributed by atoms with Crippen LogP contribution in [0.1, 0.15) is 37.3 Å². The van der Waals surface area contributed by atoms with Crippen molar-refractivity contribution in [3.63, 3.8) is 0 Å². The number of benzene rings is 1. The van der Waals surface area contributed by atoms with Crippen LogP contribution in [0.4, 0.5) is 0 Å². The Bertz CT molecular complexity index is 655. The molecule has 1 unspecified atom stereocenters. The number of carbonyl (C=O) groups is 2. The van der Waals surface area contributed by atoms with Crippen LogP contribution in [0.15, 0.2) is 12.1 Å². The minimum absolute atomic E-state index is 0.117. The van der Waals surface area contributed by atoms with Crippen molar-refractivity contribution in [3.8, 4) is 11.5 Å². The van der Waals surface area contributed by atoms with E-state index in [1.807, 2.05) is 12.1 Å². The number of rotatable bonds is 5. The van der Waals surface area contributed by atoms with Gasteiger partial charge in [0.1, 0.15) is 11.3 Å². The van der Waals surface area contributed by atoms with Gasteiger partial charge in [0.2, 0.25) is 0 Å². The molecule has 1 saturated heterocycles. The highest BCUT2D eigenvalue weighted by molar-refractivity contribution is 5.93. The van der Waals surface area contributed by atoms with Crippen molar-refractivity contribution in [3.05, 3.63) is 23.3 Å². The Kier molecular flexibility index (Phi) is 4.15. The van der Waals surface area contributed by atoms with Crippen LogP contribution in [-0.4, -0.2) is 43.8 Å². The predicted molar refractivity (Wildman–Crippen MR) is 86.0 cm³/mol. The summed E-state index contributed by atoms with van der Waals surface area (Å²) in [6, 6.07) is 3.91. The third-order valence-corrected chi connectivity index (χ3v) is 5.15. The normalized spacial score (nSPS) is 23.3. The van der Waals surface area contributed by atoms with E-state index in [1.54, 1.807) is 21.1 Å². The second kappa shape index (κ2) is 5.96. The molecular formula is C18H23NO4. The van der Waals surface area contributed by atoms with Gasteiger partial charge < -0.3 is 14.3 Å². The van der Waals surface area contributed by atoms with Gasteiger partial charge in [-0.3, -0.25) is 9.69 Å². The molecule has 2 aliphatic heterocycles. The van der Waals surface area contributed by atoms with Crippen LogP contribution in [-0.2, 0) is 21.5 Å². The third kappa shape index (κ3) is 2.43. The molecule has 1 fully saturated rings. The van der Waals surface area contributed by atoms with Crippen molar-refractivity contribution in [2.24, 2.45) is 0 Å². The Morgan fingerprint density at radius 3 is 2.48 bits per heavy atom. The van der Waals surface area contributed by atoms with Gasteiger partial charge in [-0.15, -0.1) is 0 Å². The number of ketones is 2. The average Bonchev–Trinajstić information content (AvgIpc) is 2.89. The van der Waals surface area contributed by atoms with Crippen LogP contribution in [0.25, 0.3) is 0 Å². The van der Waals surface area contributed by atoms with Crippen LogP contribution in [0.2, 0.25) is 0 Å². The van der Waals surface area contributed by atoms with Crippen LogP contribution in [0.5, 0.6) is 11.5 Å². The maximum atomic E-state index is 12.8. The standard InChI is InChI=1S/C18H23NO4/c1-12(20)4-7-18-14-11-16(23-3)15(22-2)10-13(14)5-8-19(18)9-6-17(18)21/h10-11H,4-9H2,1-3H3. The first-order valence-corrected chi connectivity index (χ1v) is 8.06. The summed E-state index contributed by atoms with van der Waals surface area (Å²) in [5.41, 5.74) is 1.45. The highest BCUT2D eigenvalue weighted by Crippen LogP contribution is 2.47. The van der Waals surface area contributed by atoms with E-state index in [2.05, 4.69) is 4.90 Å².